The topological polar surface area (TPSA) is 63.6 Å². The fraction of sp³-hybridized carbons (Fsp3) is 0.407. The van der Waals surface area contributed by atoms with E-state index in [1.165, 1.54) is 16.9 Å². The number of hydrogen-bond acceptors (Lipinski definition) is 5. The van der Waals surface area contributed by atoms with Crippen LogP contribution in [-0.2, 0) is 24.2 Å². The summed E-state index contributed by atoms with van der Waals surface area (Å²) >= 11 is 1.48. The fourth-order valence-corrected chi connectivity index (χ4v) is 6.02. The van der Waals surface area contributed by atoms with E-state index in [2.05, 4.69) is 55.9 Å². The van der Waals surface area contributed by atoms with Gasteiger partial charge >= 0.3 is 5.97 Å². The van der Waals surface area contributed by atoms with Crippen molar-refractivity contribution in [3.05, 3.63) is 63.7 Å². The third-order valence-corrected chi connectivity index (χ3v) is 7.62. The van der Waals surface area contributed by atoms with Gasteiger partial charge in [0.25, 0.3) is 5.91 Å². The Labute approximate surface area is 205 Å². The summed E-state index contributed by atoms with van der Waals surface area (Å²) in [5.41, 5.74) is 5.27. The summed E-state index contributed by atoms with van der Waals surface area (Å²) in [6, 6.07) is 6.38. The second-order valence-electron chi connectivity index (χ2n) is 9.17. The number of aromatic nitrogens is 1. The summed E-state index contributed by atoms with van der Waals surface area (Å²) in [6.45, 7) is 14.4. The van der Waals surface area contributed by atoms with Gasteiger partial charge in [0.15, 0.2) is 0 Å². The van der Waals surface area contributed by atoms with Crippen LogP contribution >= 0.6 is 11.3 Å². The lowest BCUT2D eigenvalue weighted by atomic mass is 10.0. The molecule has 1 aliphatic heterocycles. The van der Waals surface area contributed by atoms with Gasteiger partial charge in [-0.3, -0.25) is 4.79 Å². The molecule has 6 nitrogen and oxygen atoms in total. The first-order valence-corrected chi connectivity index (χ1v) is 12.6. The average molecular weight is 480 g/mol. The molecule has 3 heterocycles. The Bertz CT molecular complexity index is 1270. The molecule has 7 heteroatoms. The molecular formula is C27H33N3O3S. The lowest BCUT2D eigenvalue weighted by Crippen LogP contribution is -2.26. The van der Waals surface area contributed by atoms with Crippen molar-refractivity contribution in [2.75, 3.05) is 25.5 Å². The van der Waals surface area contributed by atoms with E-state index in [0.717, 1.165) is 46.4 Å². The second-order valence-corrected chi connectivity index (χ2v) is 10.3. The summed E-state index contributed by atoms with van der Waals surface area (Å²) in [5.74, 6) is -0.199. The number of likely N-dealkylation sites (N-methyl/N-ethyl adjacent to an activating group) is 1. The smallest absolute Gasteiger partial charge is 0.341 e. The van der Waals surface area contributed by atoms with Gasteiger partial charge in [-0.2, -0.15) is 0 Å². The van der Waals surface area contributed by atoms with Crippen molar-refractivity contribution >= 4 is 39.1 Å². The molecular weight excluding hydrogens is 446 g/mol. The van der Waals surface area contributed by atoms with E-state index >= 15 is 0 Å². The second kappa shape index (κ2) is 9.76. The van der Waals surface area contributed by atoms with Gasteiger partial charge in [-0.1, -0.05) is 26.0 Å². The maximum absolute atomic E-state index is 13.7. The molecule has 2 aromatic heterocycles. The number of esters is 1. The van der Waals surface area contributed by atoms with Gasteiger partial charge in [-0.15, -0.1) is 17.9 Å². The molecule has 0 spiro atoms. The van der Waals surface area contributed by atoms with Crippen LogP contribution in [0, 0.1) is 6.92 Å². The number of thiophene rings is 1. The molecule has 34 heavy (non-hydrogen) atoms. The SMILES string of the molecule is C=CCn1c(C(=O)Nc2sc3c(c2C(=O)OCC)CCN(C)C3)c(C)c2cc(C(C)C)ccc21. The summed E-state index contributed by atoms with van der Waals surface area (Å²) in [5, 5.41) is 4.72. The third-order valence-electron chi connectivity index (χ3n) is 6.49. The number of nitrogens with one attached hydrogen (secondary N) is 1. The first-order valence-electron chi connectivity index (χ1n) is 11.8. The minimum atomic E-state index is -0.371. The lowest BCUT2D eigenvalue weighted by molar-refractivity contribution is 0.0526. The Hall–Kier alpha value is -2.90. The van der Waals surface area contributed by atoms with Gasteiger partial charge in [0.2, 0.25) is 0 Å². The predicted molar refractivity (Wildman–Crippen MR) is 139 cm³/mol. The summed E-state index contributed by atoms with van der Waals surface area (Å²) in [7, 11) is 2.06. The zero-order valence-electron chi connectivity index (χ0n) is 20.7. The average Bonchev–Trinajstić information content (AvgIpc) is 3.28. The van der Waals surface area contributed by atoms with Crippen LogP contribution in [0.15, 0.2) is 30.9 Å². The number of ether oxygens (including phenoxy) is 1. The van der Waals surface area contributed by atoms with Crippen molar-refractivity contribution in [1.29, 1.82) is 0 Å². The summed E-state index contributed by atoms with van der Waals surface area (Å²) < 4.78 is 7.36. The van der Waals surface area contributed by atoms with Crippen LogP contribution in [0.1, 0.15) is 69.1 Å². The van der Waals surface area contributed by atoms with Crippen LogP contribution in [0.25, 0.3) is 10.9 Å². The van der Waals surface area contributed by atoms with Crippen LogP contribution < -0.4 is 5.32 Å². The van der Waals surface area contributed by atoms with E-state index in [1.807, 2.05) is 11.5 Å². The van der Waals surface area contributed by atoms with Crippen molar-refractivity contribution in [2.24, 2.45) is 0 Å². The number of carbonyl (C=O) groups is 2. The number of nitrogens with zero attached hydrogens (tertiary/aromatic N) is 2. The molecule has 1 N–H and O–H groups in total. The maximum Gasteiger partial charge on any atom is 0.341 e. The van der Waals surface area contributed by atoms with Crippen LogP contribution in [0.3, 0.4) is 0 Å². The third kappa shape index (κ3) is 4.30. The van der Waals surface area contributed by atoms with E-state index in [0.29, 0.717) is 35.3 Å². The Morgan fingerprint density at radius 1 is 1.32 bits per heavy atom. The zero-order valence-corrected chi connectivity index (χ0v) is 21.5. The Morgan fingerprint density at radius 3 is 2.76 bits per heavy atom. The number of benzene rings is 1. The lowest BCUT2D eigenvalue weighted by Gasteiger charge is -2.22. The van der Waals surface area contributed by atoms with Crippen LogP contribution in [0.2, 0.25) is 0 Å². The molecule has 0 saturated heterocycles. The predicted octanol–water partition coefficient (Wildman–Crippen LogP) is 5.74. The number of aryl methyl sites for hydroxylation is 1. The van der Waals surface area contributed by atoms with Crippen molar-refractivity contribution in [1.82, 2.24) is 9.47 Å². The highest BCUT2D eigenvalue weighted by atomic mass is 32.1. The molecule has 3 aromatic rings. The number of amides is 1. The number of fused-ring (bicyclic) bond motifs is 2. The summed E-state index contributed by atoms with van der Waals surface area (Å²) in [6.07, 6.45) is 2.57. The molecule has 0 radical (unpaired) electrons. The molecule has 0 aliphatic carbocycles. The number of hydrogen-bond donors (Lipinski definition) is 1. The molecule has 180 valence electrons. The molecule has 0 atom stereocenters. The van der Waals surface area contributed by atoms with Gasteiger partial charge in [-0.05, 0) is 62.1 Å². The molecule has 0 saturated carbocycles. The van der Waals surface area contributed by atoms with E-state index in [4.69, 9.17) is 4.74 Å². The molecule has 0 bridgehead atoms. The highest BCUT2D eigenvalue weighted by Crippen LogP contribution is 2.38. The normalized spacial score (nSPS) is 13.8. The monoisotopic (exact) mass is 479 g/mol. The van der Waals surface area contributed by atoms with Gasteiger partial charge in [0.1, 0.15) is 10.7 Å². The number of allylic oxidation sites excluding steroid dienone is 1. The Balaban J connectivity index is 1.79. The highest BCUT2D eigenvalue weighted by molar-refractivity contribution is 7.17. The molecule has 4 rings (SSSR count). The van der Waals surface area contributed by atoms with Crippen molar-refractivity contribution in [3.8, 4) is 0 Å². The molecule has 0 unspecified atom stereocenters. The van der Waals surface area contributed by atoms with Gasteiger partial charge < -0.3 is 19.5 Å². The van der Waals surface area contributed by atoms with E-state index < -0.39 is 0 Å². The number of anilines is 1. The van der Waals surface area contributed by atoms with Gasteiger partial charge in [0.05, 0.1) is 12.2 Å². The first-order chi connectivity index (χ1) is 16.3. The van der Waals surface area contributed by atoms with Crippen molar-refractivity contribution in [3.63, 3.8) is 0 Å². The van der Waals surface area contributed by atoms with E-state index in [9.17, 15) is 9.59 Å². The molecule has 0 fully saturated rings. The van der Waals surface area contributed by atoms with E-state index in [-0.39, 0.29) is 11.9 Å². The van der Waals surface area contributed by atoms with Crippen LogP contribution in [0.4, 0.5) is 5.00 Å². The van der Waals surface area contributed by atoms with E-state index in [1.54, 1.807) is 13.0 Å². The van der Waals surface area contributed by atoms with Crippen LogP contribution in [-0.4, -0.2) is 41.5 Å². The molecule has 1 aliphatic rings. The van der Waals surface area contributed by atoms with Gasteiger partial charge in [-0.25, -0.2) is 4.79 Å². The van der Waals surface area contributed by atoms with Gasteiger partial charge in [0, 0.05) is 35.4 Å². The minimum absolute atomic E-state index is 0.223. The van der Waals surface area contributed by atoms with Crippen molar-refractivity contribution < 1.29 is 14.3 Å². The molecule has 1 amide bonds. The zero-order chi connectivity index (χ0) is 24.6. The quantitative estimate of drug-likeness (QED) is 0.347. The largest absolute Gasteiger partial charge is 0.462 e. The number of carbonyl (C=O) groups excluding carboxylic acids is 2. The van der Waals surface area contributed by atoms with Crippen LogP contribution in [0.5, 0.6) is 0 Å². The number of rotatable bonds is 7. The summed E-state index contributed by atoms with van der Waals surface area (Å²) in [4.78, 5) is 29.9. The Kier molecular flexibility index (Phi) is 6.96. The standard InChI is InChI=1S/C27H33N3O3S/c1-7-12-30-21-10-9-18(16(3)4)14-20(21)17(5)24(30)25(31)28-26-23(27(32)33-8-2)19-11-13-29(6)15-22(19)34-26/h7,9-10,14,16H,1,8,11-13,15H2,2-6H3,(H,28,31). The minimum Gasteiger partial charge on any atom is -0.462 e. The maximum atomic E-state index is 13.7. The molecule has 1 aromatic carbocycles. The van der Waals surface area contributed by atoms with Crippen molar-refractivity contribution in [2.45, 2.75) is 53.1 Å². The highest BCUT2D eigenvalue weighted by Gasteiger charge is 2.30. The Morgan fingerprint density at radius 2 is 2.09 bits per heavy atom. The fourth-order valence-electron chi connectivity index (χ4n) is 4.71. The first kappa shape index (κ1) is 24.2.